The molecule has 2 unspecified atom stereocenters. The van der Waals surface area contributed by atoms with E-state index in [4.69, 9.17) is 0 Å². The maximum Gasteiger partial charge on any atom is 0.104 e. The van der Waals surface area contributed by atoms with Crippen molar-refractivity contribution in [2.75, 3.05) is 7.05 Å². The number of nitrogens with zero attached hydrogens (tertiary/aromatic N) is 1. The molecule has 4 heteroatoms. The van der Waals surface area contributed by atoms with Crippen molar-refractivity contribution in [2.24, 2.45) is 0 Å². The lowest BCUT2D eigenvalue weighted by molar-refractivity contribution is 0.421. The van der Waals surface area contributed by atoms with Crippen molar-refractivity contribution < 1.29 is 0 Å². The Morgan fingerprint density at radius 3 is 2.17 bits per heavy atom. The van der Waals surface area contributed by atoms with Gasteiger partial charge in [0.05, 0.1) is 11.5 Å². The summed E-state index contributed by atoms with van der Waals surface area (Å²) in [5.41, 5.74) is 18.3. The average Bonchev–Trinajstić information content (AvgIpc) is 3.59. The molecule has 3 heterocycles. The molecule has 0 bridgehead atoms. The van der Waals surface area contributed by atoms with Crippen LogP contribution in [0.2, 0.25) is 0 Å². The zero-order valence-electron chi connectivity index (χ0n) is 33.0. The summed E-state index contributed by atoms with van der Waals surface area (Å²) in [5, 5.41) is 10.7. The van der Waals surface area contributed by atoms with E-state index in [1.165, 1.54) is 98.6 Å². The first-order valence-electron chi connectivity index (χ1n) is 20.9. The summed E-state index contributed by atoms with van der Waals surface area (Å²) in [6.07, 6.45) is 9.25. The summed E-state index contributed by atoms with van der Waals surface area (Å²) < 4.78 is 0. The highest BCUT2D eigenvalue weighted by atomic mass is 32.2. The maximum absolute atomic E-state index is 4.10. The summed E-state index contributed by atoms with van der Waals surface area (Å²) >= 11 is 1.92. The Balaban J connectivity index is 1.14. The van der Waals surface area contributed by atoms with Crippen molar-refractivity contribution in [2.45, 2.75) is 46.8 Å². The van der Waals surface area contributed by atoms with Gasteiger partial charge in [0, 0.05) is 46.4 Å². The normalized spacial score (nSPS) is 19.7. The third-order valence-corrected chi connectivity index (χ3v) is 14.4. The van der Waals surface area contributed by atoms with E-state index in [2.05, 4.69) is 205 Å². The van der Waals surface area contributed by atoms with Gasteiger partial charge in [-0.2, -0.15) is 0 Å². The predicted molar refractivity (Wildman–Crippen MR) is 243 cm³/mol. The topological polar surface area (TPSA) is 27.3 Å². The van der Waals surface area contributed by atoms with Gasteiger partial charge in [-0.1, -0.05) is 169 Å². The smallest absolute Gasteiger partial charge is 0.104 e. The highest BCUT2D eigenvalue weighted by Gasteiger charge is 2.53. The van der Waals surface area contributed by atoms with E-state index in [0.29, 0.717) is 0 Å². The third-order valence-electron chi connectivity index (χ3n) is 13.2. The average molecular weight is 778 g/mol. The molecule has 2 N–H and O–H groups in total. The SMILES string of the molecule is CN1C=C(c2cccc3c2C2=C(CCC=C2C2=CC(c4cccc5ccccc45)NC(c4ccccc4)N2)C32c3ccccc3Sc3ccccc32)c2ccccc2C1. The number of hydrogen-bond acceptors (Lipinski definition) is 4. The zero-order chi connectivity index (χ0) is 39.1. The number of allylic oxidation sites excluding steroid dienone is 3. The van der Waals surface area contributed by atoms with E-state index in [1.807, 2.05) is 11.8 Å². The molecule has 0 radical (unpaired) electrons. The Bertz CT molecular complexity index is 2940. The van der Waals surface area contributed by atoms with E-state index in [0.717, 1.165) is 19.4 Å². The predicted octanol–water partition coefficient (Wildman–Crippen LogP) is 12.5. The van der Waals surface area contributed by atoms with Crippen LogP contribution in [0.1, 0.15) is 75.1 Å². The van der Waals surface area contributed by atoms with Crippen molar-refractivity contribution in [3.8, 4) is 0 Å². The van der Waals surface area contributed by atoms with Crippen LogP contribution in [0.15, 0.2) is 209 Å². The van der Waals surface area contributed by atoms with Crippen LogP contribution in [-0.4, -0.2) is 11.9 Å². The highest BCUT2D eigenvalue weighted by Crippen LogP contribution is 2.65. The number of fused-ring (bicyclic) bond motifs is 10. The van der Waals surface area contributed by atoms with Crippen LogP contribution in [-0.2, 0) is 12.0 Å². The lowest BCUT2D eigenvalue weighted by Gasteiger charge is -2.42. The zero-order valence-corrected chi connectivity index (χ0v) is 33.8. The molecular weight excluding hydrogens is 735 g/mol. The highest BCUT2D eigenvalue weighted by molar-refractivity contribution is 7.99. The minimum Gasteiger partial charge on any atom is -0.376 e. The summed E-state index contributed by atoms with van der Waals surface area (Å²) in [7, 11) is 2.21. The fourth-order valence-electron chi connectivity index (χ4n) is 10.9. The fourth-order valence-corrected chi connectivity index (χ4v) is 12.1. The molecule has 1 spiro atoms. The van der Waals surface area contributed by atoms with Gasteiger partial charge < -0.3 is 10.2 Å². The number of hydrogen-bond donors (Lipinski definition) is 2. The van der Waals surface area contributed by atoms with Crippen molar-refractivity contribution in [3.63, 3.8) is 0 Å². The Kier molecular flexibility index (Phi) is 8.01. The number of rotatable bonds is 4. The van der Waals surface area contributed by atoms with E-state index >= 15 is 0 Å². The monoisotopic (exact) mass is 777 g/mol. The van der Waals surface area contributed by atoms with Gasteiger partial charge >= 0.3 is 0 Å². The molecule has 2 aliphatic carbocycles. The van der Waals surface area contributed by atoms with Crippen LogP contribution in [0.4, 0.5) is 0 Å². The van der Waals surface area contributed by atoms with Gasteiger partial charge in [0.1, 0.15) is 6.17 Å². The Labute approximate surface area is 350 Å². The van der Waals surface area contributed by atoms with Crippen molar-refractivity contribution in [1.29, 1.82) is 0 Å². The first kappa shape index (κ1) is 34.7. The van der Waals surface area contributed by atoms with Gasteiger partial charge in [0.25, 0.3) is 0 Å². The molecule has 3 aliphatic heterocycles. The second-order valence-corrected chi connectivity index (χ2v) is 17.6. The van der Waals surface area contributed by atoms with Gasteiger partial charge in [-0.25, -0.2) is 0 Å². The van der Waals surface area contributed by atoms with Crippen LogP contribution >= 0.6 is 11.8 Å². The van der Waals surface area contributed by atoms with Gasteiger partial charge in [-0.05, 0) is 103 Å². The first-order valence-corrected chi connectivity index (χ1v) is 21.7. The Morgan fingerprint density at radius 1 is 0.644 bits per heavy atom. The molecular formula is C55H43N3S. The number of nitrogens with one attached hydrogen (secondary N) is 2. The standard InChI is InChI=1S/C55H43N3S/c1-58-33-37-19-6-8-22-39(37)43(34-58)41-24-14-28-46-52(41)53-42(25-15-29-47(53)55(46)44-26-9-11-30-50(44)59-51-31-12-10-27-45(51)55)49-32-48(56-54(57-49)36-17-3-2-4-18-36)40-23-13-20-35-16-5-7-21-38(35)40/h2-14,16-28,30-32,34,48,54,56-57H,15,29,33H2,1H3. The molecule has 0 fully saturated rings. The second kappa shape index (κ2) is 13.6. The molecule has 7 aromatic rings. The summed E-state index contributed by atoms with van der Waals surface area (Å²) in [6.45, 7) is 0.899. The lowest BCUT2D eigenvalue weighted by atomic mass is 9.65. The minimum absolute atomic E-state index is 0.0198. The molecule has 3 nitrogen and oxygen atoms in total. The summed E-state index contributed by atoms with van der Waals surface area (Å²) in [4.78, 5) is 5.04. The quantitative estimate of drug-likeness (QED) is 0.186. The molecule has 12 rings (SSSR count). The van der Waals surface area contributed by atoms with Crippen LogP contribution < -0.4 is 10.6 Å². The Morgan fingerprint density at radius 2 is 1.32 bits per heavy atom. The molecule has 0 amide bonds. The van der Waals surface area contributed by atoms with E-state index in [9.17, 15) is 0 Å². The molecule has 0 saturated carbocycles. The van der Waals surface area contributed by atoms with E-state index in [-0.39, 0.29) is 12.2 Å². The molecule has 0 saturated heterocycles. The molecule has 284 valence electrons. The molecule has 0 aromatic heterocycles. The van der Waals surface area contributed by atoms with Crippen molar-refractivity contribution in [1.82, 2.24) is 15.5 Å². The maximum atomic E-state index is 4.10. The van der Waals surface area contributed by atoms with E-state index in [1.54, 1.807) is 0 Å². The van der Waals surface area contributed by atoms with Crippen molar-refractivity contribution >= 4 is 33.7 Å². The molecule has 5 aliphatic rings. The molecule has 7 aromatic carbocycles. The minimum atomic E-state index is -0.430. The van der Waals surface area contributed by atoms with Crippen LogP contribution in [0.25, 0.3) is 21.9 Å². The van der Waals surface area contributed by atoms with Crippen molar-refractivity contribution in [3.05, 3.63) is 249 Å². The molecule has 2 atom stereocenters. The van der Waals surface area contributed by atoms with Crippen LogP contribution in [0.3, 0.4) is 0 Å². The van der Waals surface area contributed by atoms with Crippen LogP contribution in [0, 0.1) is 0 Å². The van der Waals surface area contributed by atoms with E-state index < -0.39 is 5.41 Å². The van der Waals surface area contributed by atoms with Crippen LogP contribution in [0.5, 0.6) is 0 Å². The molecule has 59 heavy (non-hydrogen) atoms. The van der Waals surface area contributed by atoms with Gasteiger partial charge in [-0.15, -0.1) is 0 Å². The van der Waals surface area contributed by atoms with Gasteiger partial charge in [0.15, 0.2) is 0 Å². The van der Waals surface area contributed by atoms with Gasteiger partial charge in [-0.3, -0.25) is 5.32 Å². The second-order valence-electron chi connectivity index (χ2n) is 16.5. The number of benzene rings is 7. The Hall–Kier alpha value is -6.33. The first-order chi connectivity index (χ1) is 29.2. The summed E-state index contributed by atoms with van der Waals surface area (Å²) in [5.74, 6) is 0. The fraction of sp³-hybridized carbons (Fsp3) is 0.127. The van der Waals surface area contributed by atoms with Gasteiger partial charge in [0.2, 0.25) is 0 Å². The lowest BCUT2D eigenvalue weighted by Crippen LogP contribution is -2.41. The summed E-state index contributed by atoms with van der Waals surface area (Å²) in [6, 6.07) is 61.0. The third kappa shape index (κ3) is 5.26. The largest absolute Gasteiger partial charge is 0.376 e.